The Morgan fingerprint density at radius 2 is 2.19 bits per heavy atom. The van der Waals surface area contributed by atoms with Crippen LogP contribution in [0.2, 0.25) is 0 Å². The maximum Gasteiger partial charge on any atom is 0.307 e. The molecule has 2 amide bonds. The first-order valence-corrected chi connectivity index (χ1v) is 9.25. The first kappa shape index (κ1) is 17.2. The van der Waals surface area contributed by atoms with Crippen LogP contribution in [-0.4, -0.2) is 22.5 Å². The Balaban J connectivity index is 1.58. The minimum atomic E-state index is -0.428. The molecule has 0 saturated carbocycles. The van der Waals surface area contributed by atoms with Crippen LogP contribution in [0.25, 0.3) is 0 Å². The summed E-state index contributed by atoms with van der Waals surface area (Å²) in [6.45, 7) is 1.81. The number of nitrogens with one attached hydrogen (secondary N) is 2. The molecule has 0 aliphatic heterocycles. The van der Waals surface area contributed by atoms with Crippen LogP contribution in [0.5, 0.6) is 0 Å². The van der Waals surface area contributed by atoms with Crippen molar-refractivity contribution in [2.45, 2.75) is 26.2 Å². The fourth-order valence-electron chi connectivity index (χ4n) is 3.02. The molecule has 1 aliphatic carbocycles. The minimum absolute atomic E-state index is 0.183. The van der Waals surface area contributed by atoms with Crippen LogP contribution in [0.15, 0.2) is 43.9 Å². The zero-order valence-corrected chi connectivity index (χ0v) is 15.3. The quantitative estimate of drug-likeness (QED) is 0.670. The van der Waals surface area contributed by atoms with Gasteiger partial charge in [-0.2, -0.15) is 5.10 Å². The second-order valence-electron chi connectivity index (χ2n) is 5.98. The molecular formula is C18H16N4O4S. The molecule has 0 saturated heterocycles. The lowest BCUT2D eigenvalue weighted by atomic mass is 9.93. The van der Waals surface area contributed by atoms with Gasteiger partial charge in [-0.25, -0.2) is 10.4 Å². The number of furan rings is 2. The highest BCUT2D eigenvalue weighted by Crippen LogP contribution is 2.30. The van der Waals surface area contributed by atoms with Crippen molar-refractivity contribution in [3.05, 3.63) is 58.4 Å². The fraction of sp³-hybridized carbons (Fsp3) is 0.222. The Labute approximate surface area is 158 Å². The molecule has 0 spiro atoms. The lowest BCUT2D eigenvalue weighted by Gasteiger charge is -2.13. The van der Waals surface area contributed by atoms with Crippen molar-refractivity contribution >= 4 is 34.0 Å². The van der Waals surface area contributed by atoms with Gasteiger partial charge < -0.3 is 8.83 Å². The standard InChI is InChI=1S/C18H16N4O4S/c1-10-14-11(21-22-16(23)13-6-3-8-25-13)4-2-5-12(14)26-15(10)17(24)20-18-19-7-9-27-18/h3,6-9H,2,4-5H2,1H3,(H,22,23)(H,19,20,24)/b21-11+. The monoisotopic (exact) mass is 384 g/mol. The Morgan fingerprint density at radius 1 is 1.30 bits per heavy atom. The molecule has 0 radical (unpaired) electrons. The van der Waals surface area contributed by atoms with Crippen LogP contribution in [0.1, 0.15) is 50.8 Å². The van der Waals surface area contributed by atoms with Crippen LogP contribution in [-0.2, 0) is 6.42 Å². The van der Waals surface area contributed by atoms with Crippen molar-refractivity contribution in [2.24, 2.45) is 5.10 Å². The largest absolute Gasteiger partial charge is 0.459 e. The summed E-state index contributed by atoms with van der Waals surface area (Å²) in [6, 6.07) is 3.19. The summed E-state index contributed by atoms with van der Waals surface area (Å²) in [5.41, 5.74) is 4.67. The van der Waals surface area contributed by atoms with Crippen LogP contribution in [0, 0.1) is 6.92 Å². The summed E-state index contributed by atoms with van der Waals surface area (Å²) in [5, 5.41) is 9.26. The van der Waals surface area contributed by atoms with Crippen LogP contribution in [0.3, 0.4) is 0 Å². The molecule has 1 aliphatic rings. The number of amides is 2. The van der Waals surface area contributed by atoms with E-state index in [1.165, 1.54) is 17.6 Å². The Morgan fingerprint density at radius 3 is 2.93 bits per heavy atom. The van der Waals surface area contributed by atoms with E-state index in [9.17, 15) is 9.59 Å². The van der Waals surface area contributed by atoms with Gasteiger partial charge in [-0.3, -0.25) is 14.9 Å². The number of aryl methyl sites for hydroxylation is 1. The lowest BCUT2D eigenvalue weighted by molar-refractivity contribution is 0.0926. The third-order valence-electron chi connectivity index (χ3n) is 4.22. The Bertz CT molecular complexity index is 1000. The summed E-state index contributed by atoms with van der Waals surface area (Å²) < 4.78 is 10.9. The predicted molar refractivity (Wildman–Crippen MR) is 99.2 cm³/mol. The normalized spacial score (nSPS) is 14.8. The van der Waals surface area contributed by atoms with E-state index in [1.54, 1.807) is 23.7 Å². The molecule has 27 heavy (non-hydrogen) atoms. The first-order chi connectivity index (χ1) is 13.1. The van der Waals surface area contributed by atoms with Crippen molar-refractivity contribution in [1.29, 1.82) is 0 Å². The number of anilines is 1. The van der Waals surface area contributed by atoms with E-state index in [-0.39, 0.29) is 17.4 Å². The maximum atomic E-state index is 12.5. The van der Waals surface area contributed by atoms with Crippen molar-refractivity contribution in [3.8, 4) is 0 Å². The van der Waals surface area contributed by atoms with Gasteiger partial charge in [0.1, 0.15) is 5.76 Å². The molecule has 3 aromatic rings. The second-order valence-corrected chi connectivity index (χ2v) is 6.87. The van der Waals surface area contributed by atoms with Gasteiger partial charge in [-0.15, -0.1) is 11.3 Å². The molecule has 0 fully saturated rings. The molecule has 0 atom stereocenters. The van der Waals surface area contributed by atoms with Crippen LogP contribution >= 0.6 is 11.3 Å². The number of rotatable bonds is 4. The molecule has 0 unspecified atom stereocenters. The third kappa shape index (κ3) is 3.41. The number of carbonyl (C=O) groups excluding carboxylic acids is 2. The molecule has 8 nitrogen and oxygen atoms in total. The van der Waals surface area contributed by atoms with Gasteiger partial charge in [0.15, 0.2) is 16.7 Å². The van der Waals surface area contributed by atoms with Crippen LogP contribution in [0.4, 0.5) is 5.13 Å². The molecule has 9 heteroatoms. The average molecular weight is 384 g/mol. The molecule has 4 rings (SSSR count). The molecule has 2 N–H and O–H groups in total. The van der Waals surface area contributed by atoms with E-state index in [4.69, 9.17) is 8.83 Å². The Kier molecular flexibility index (Phi) is 4.59. The van der Waals surface area contributed by atoms with E-state index in [0.717, 1.165) is 12.0 Å². The number of fused-ring (bicyclic) bond motifs is 1. The third-order valence-corrected chi connectivity index (χ3v) is 4.91. The van der Waals surface area contributed by atoms with Gasteiger partial charge in [0.2, 0.25) is 0 Å². The van der Waals surface area contributed by atoms with E-state index in [0.29, 0.717) is 35.0 Å². The molecule has 0 aromatic carbocycles. The van der Waals surface area contributed by atoms with Gasteiger partial charge in [0.05, 0.1) is 12.0 Å². The summed E-state index contributed by atoms with van der Waals surface area (Å²) in [5.74, 6) is 0.345. The molecule has 138 valence electrons. The van der Waals surface area contributed by atoms with E-state index < -0.39 is 5.91 Å². The second kappa shape index (κ2) is 7.20. The minimum Gasteiger partial charge on any atom is -0.459 e. The molecule has 0 bridgehead atoms. The van der Waals surface area contributed by atoms with Gasteiger partial charge in [-0.05, 0) is 31.9 Å². The highest BCUT2D eigenvalue weighted by atomic mass is 32.1. The number of aromatic nitrogens is 1. The maximum absolute atomic E-state index is 12.5. The fourth-order valence-corrected chi connectivity index (χ4v) is 3.54. The highest BCUT2D eigenvalue weighted by Gasteiger charge is 2.28. The van der Waals surface area contributed by atoms with Gasteiger partial charge in [-0.1, -0.05) is 0 Å². The summed E-state index contributed by atoms with van der Waals surface area (Å²) in [4.78, 5) is 28.6. The highest BCUT2D eigenvalue weighted by molar-refractivity contribution is 7.13. The summed E-state index contributed by atoms with van der Waals surface area (Å²) >= 11 is 1.33. The number of hydrogen-bond donors (Lipinski definition) is 2. The van der Waals surface area contributed by atoms with E-state index >= 15 is 0 Å². The first-order valence-electron chi connectivity index (χ1n) is 8.37. The molecule has 3 aromatic heterocycles. The average Bonchev–Trinajstić information content (AvgIpc) is 3.41. The Hall–Kier alpha value is -3.20. The SMILES string of the molecule is Cc1c(C(=O)Nc2nccs2)oc2c1/C(=N/NC(=O)c1ccco1)CCC2. The smallest absolute Gasteiger partial charge is 0.307 e. The number of nitrogens with zero attached hydrogens (tertiary/aromatic N) is 2. The van der Waals surface area contributed by atoms with Crippen molar-refractivity contribution in [1.82, 2.24) is 10.4 Å². The number of hydrazone groups is 1. The number of carbonyl (C=O) groups is 2. The molecule has 3 heterocycles. The zero-order valence-electron chi connectivity index (χ0n) is 14.4. The van der Waals surface area contributed by atoms with Gasteiger partial charge in [0.25, 0.3) is 5.91 Å². The van der Waals surface area contributed by atoms with Crippen molar-refractivity contribution < 1.29 is 18.4 Å². The van der Waals surface area contributed by atoms with E-state index in [1.807, 2.05) is 6.92 Å². The summed E-state index contributed by atoms with van der Waals surface area (Å²) in [7, 11) is 0. The topological polar surface area (TPSA) is 110 Å². The lowest BCUT2D eigenvalue weighted by Crippen LogP contribution is -2.21. The number of thiazole rings is 1. The van der Waals surface area contributed by atoms with E-state index in [2.05, 4.69) is 20.8 Å². The van der Waals surface area contributed by atoms with Gasteiger partial charge in [0, 0.05) is 29.1 Å². The predicted octanol–water partition coefficient (Wildman–Crippen LogP) is 3.36. The molecular weight excluding hydrogens is 368 g/mol. The number of hydrogen-bond acceptors (Lipinski definition) is 7. The van der Waals surface area contributed by atoms with Crippen LogP contribution < -0.4 is 10.7 Å². The van der Waals surface area contributed by atoms with Gasteiger partial charge >= 0.3 is 5.91 Å². The van der Waals surface area contributed by atoms with Crippen molar-refractivity contribution in [2.75, 3.05) is 5.32 Å². The zero-order chi connectivity index (χ0) is 18.8. The van der Waals surface area contributed by atoms with Crippen molar-refractivity contribution in [3.63, 3.8) is 0 Å². The summed E-state index contributed by atoms with van der Waals surface area (Å²) in [6.07, 6.45) is 5.26.